The number of carbonyl (C=O) groups is 2. The van der Waals surface area contributed by atoms with Gasteiger partial charge in [-0.3, -0.25) is 4.79 Å². The van der Waals surface area contributed by atoms with Crippen molar-refractivity contribution < 1.29 is 14.7 Å². The van der Waals surface area contributed by atoms with Crippen LogP contribution in [0.5, 0.6) is 0 Å². The van der Waals surface area contributed by atoms with Crippen LogP contribution in [0.1, 0.15) is 12.8 Å². The van der Waals surface area contributed by atoms with Gasteiger partial charge in [-0.25, -0.2) is 14.8 Å². The second-order valence-electron chi connectivity index (χ2n) is 4.63. The Morgan fingerprint density at radius 3 is 2.63 bits per heavy atom. The van der Waals surface area contributed by atoms with Crippen LogP contribution in [-0.4, -0.2) is 46.6 Å². The molecule has 1 amide bonds. The summed E-state index contributed by atoms with van der Waals surface area (Å²) in [7, 11) is 1.68. The van der Waals surface area contributed by atoms with E-state index < -0.39 is 12.0 Å². The summed E-state index contributed by atoms with van der Waals surface area (Å²) < 4.78 is 0. The van der Waals surface area contributed by atoms with Gasteiger partial charge in [0, 0.05) is 19.4 Å². The SMILES string of the molecule is CN(CC(=O)NC(C(=O)O)C1CC1)c1ncccn1. The molecule has 2 N–H and O–H groups in total. The molecule has 1 unspecified atom stereocenters. The van der Waals surface area contributed by atoms with Crippen LogP contribution in [0.2, 0.25) is 0 Å². The minimum absolute atomic E-state index is 0.0283. The lowest BCUT2D eigenvalue weighted by atomic mass is 10.2. The second-order valence-corrected chi connectivity index (χ2v) is 4.63. The van der Waals surface area contributed by atoms with E-state index in [-0.39, 0.29) is 18.4 Å². The minimum atomic E-state index is -0.977. The number of aliphatic carboxylic acids is 1. The number of amides is 1. The first-order valence-electron chi connectivity index (χ1n) is 6.08. The predicted molar refractivity (Wildman–Crippen MR) is 67.6 cm³/mol. The van der Waals surface area contributed by atoms with E-state index >= 15 is 0 Å². The highest BCUT2D eigenvalue weighted by Crippen LogP contribution is 2.32. The molecule has 1 saturated carbocycles. The van der Waals surface area contributed by atoms with Gasteiger partial charge in [-0.15, -0.1) is 0 Å². The van der Waals surface area contributed by atoms with Crippen molar-refractivity contribution in [2.24, 2.45) is 5.92 Å². The highest BCUT2D eigenvalue weighted by molar-refractivity contribution is 5.86. The Morgan fingerprint density at radius 2 is 2.11 bits per heavy atom. The molecule has 0 aliphatic heterocycles. The van der Waals surface area contributed by atoms with Gasteiger partial charge in [0.25, 0.3) is 0 Å². The zero-order valence-electron chi connectivity index (χ0n) is 10.6. The highest BCUT2D eigenvalue weighted by Gasteiger charge is 2.37. The Hall–Kier alpha value is -2.18. The van der Waals surface area contributed by atoms with E-state index in [9.17, 15) is 9.59 Å². The summed E-state index contributed by atoms with van der Waals surface area (Å²) in [5, 5.41) is 11.6. The van der Waals surface area contributed by atoms with E-state index in [4.69, 9.17) is 5.11 Å². The third-order valence-corrected chi connectivity index (χ3v) is 2.95. The lowest BCUT2D eigenvalue weighted by molar-refractivity contribution is -0.142. The summed E-state index contributed by atoms with van der Waals surface area (Å²) in [4.78, 5) is 32.4. The number of aromatic nitrogens is 2. The largest absolute Gasteiger partial charge is 0.480 e. The lowest BCUT2D eigenvalue weighted by Gasteiger charge is -2.18. The number of hydrogen-bond donors (Lipinski definition) is 2. The zero-order valence-corrected chi connectivity index (χ0v) is 10.6. The Bertz CT molecular complexity index is 461. The number of anilines is 1. The monoisotopic (exact) mass is 264 g/mol. The topological polar surface area (TPSA) is 95.4 Å². The molecule has 0 bridgehead atoms. The van der Waals surface area contributed by atoms with E-state index in [0.29, 0.717) is 5.95 Å². The van der Waals surface area contributed by atoms with Gasteiger partial charge in [-0.1, -0.05) is 0 Å². The van der Waals surface area contributed by atoms with Gasteiger partial charge < -0.3 is 15.3 Å². The van der Waals surface area contributed by atoms with E-state index in [1.54, 1.807) is 30.4 Å². The van der Waals surface area contributed by atoms with Gasteiger partial charge in [0.1, 0.15) is 6.04 Å². The molecule has 1 aliphatic rings. The van der Waals surface area contributed by atoms with Crippen LogP contribution < -0.4 is 10.2 Å². The maximum atomic E-state index is 11.8. The fourth-order valence-corrected chi connectivity index (χ4v) is 1.80. The fraction of sp³-hybridized carbons (Fsp3) is 0.500. The Morgan fingerprint density at radius 1 is 1.47 bits per heavy atom. The van der Waals surface area contributed by atoms with E-state index in [1.165, 1.54) is 0 Å². The molecule has 2 rings (SSSR count). The van der Waals surface area contributed by atoms with Gasteiger partial charge in [0.2, 0.25) is 11.9 Å². The van der Waals surface area contributed by atoms with Gasteiger partial charge in [-0.05, 0) is 24.8 Å². The quantitative estimate of drug-likeness (QED) is 0.744. The standard InChI is InChI=1S/C12H16N4O3/c1-16(12-13-5-2-6-14-12)7-9(17)15-10(11(18)19)8-3-4-8/h2,5-6,8,10H,3-4,7H2,1H3,(H,15,17)(H,18,19). The molecule has 0 saturated heterocycles. The van der Waals surface area contributed by atoms with Crippen molar-refractivity contribution in [2.75, 3.05) is 18.5 Å². The number of carbonyl (C=O) groups excluding carboxylic acids is 1. The van der Waals surface area contributed by atoms with Crippen LogP contribution in [-0.2, 0) is 9.59 Å². The molecule has 1 heterocycles. The summed E-state index contributed by atoms with van der Waals surface area (Å²) in [6.45, 7) is 0.0283. The maximum Gasteiger partial charge on any atom is 0.326 e. The van der Waals surface area contributed by atoms with Crippen LogP contribution in [0.25, 0.3) is 0 Å². The first-order valence-corrected chi connectivity index (χ1v) is 6.08. The van der Waals surface area contributed by atoms with Crippen molar-refractivity contribution in [3.05, 3.63) is 18.5 Å². The minimum Gasteiger partial charge on any atom is -0.480 e. The molecule has 0 radical (unpaired) electrons. The van der Waals surface area contributed by atoms with E-state index in [2.05, 4.69) is 15.3 Å². The number of carboxylic acids is 1. The molecule has 1 atom stereocenters. The van der Waals surface area contributed by atoms with Crippen LogP contribution in [0, 0.1) is 5.92 Å². The van der Waals surface area contributed by atoms with Gasteiger partial charge in [0.15, 0.2) is 0 Å². The van der Waals surface area contributed by atoms with E-state index in [1.807, 2.05) is 0 Å². The van der Waals surface area contributed by atoms with Crippen molar-refractivity contribution in [3.63, 3.8) is 0 Å². The molecular formula is C12H16N4O3. The summed E-state index contributed by atoms with van der Waals surface area (Å²) in [5.41, 5.74) is 0. The number of rotatable bonds is 6. The van der Waals surface area contributed by atoms with Crippen molar-refractivity contribution in [1.29, 1.82) is 0 Å². The molecule has 1 aromatic rings. The number of nitrogens with zero attached hydrogens (tertiary/aromatic N) is 3. The van der Waals surface area contributed by atoms with Crippen LogP contribution in [0.4, 0.5) is 5.95 Å². The van der Waals surface area contributed by atoms with Gasteiger partial charge >= 0.3 is 5.97 Å². The number of hydrogen-bond acceptors (Lipinski definition) is 5. The Labute approximate surface area is 110 Å². The Balaban J connectivity index is 1.88. The number of likely N-dealkylation sites (N-methyl/N-ethyl adjacent to an activating group) is 1. The number of nitrogens with one attached hydrogen (secondary N) is 1. The maximum absolute atomic E-state index is 11.8. The molecule has 1 aliphatic carbocycles. The molecule has 7 heteroatoms. The highest BCUT2D eigenvalue weighted by atomic mass is 16.4. The zero-order chi connectivity index (χ0) is 13.8. The average molecular weight is 264 g/mol. The summed E-state index contributed by atoms with van der Waals surface area (Å²) in [6.07, 6.45) is 4.88. The predicted octanol–water partition coefficient (Wildman–Crippen LogP) is -0.108. The third kappa shape index (κ3) is 3.64. The first kappa shape index (κ1) is 13.3. The molecule has 102 valence electrons. The summed E-state index contributed by atoms with van der Waals surface area (Å²) in [6, 6.07) is 0.905. The van der Waals surface area contributed by atoms with Crippen LogP contribution in [0.3, 0.4) is 0 Å². The van der Waals surface area contributed by atoms with Crippen molar-refractivity contribution >= 4 is 17.8 Å². The molecule has 0 spiro atoms. The second kappa shape index (κ2) is 5.64. The summed E-state index contributed by atoms with van der Waals surface area (Å²) >= 11 is 0. The molecule has 1 aromatic heterocycles. The average Bonchev–Trinajstić information content (AvgIpc) is 3.21. The van der Waals surface area contributed by atoms with E-state index in [0.717, 1.165) is 12.8 Å². The third-order valence-electron chi connectivity index (χ3n) is 2.95. The number of carboxylic acid groups (broad SMARTS) is 1. The van der Waals surface area contributed by atoms with Crippen molar-refractivity contribution in [2.45, 2.75) is 18.9 Å². The van der Waals surface area contributed by atoms with Crippen LogP contribution >= 0.6 is 0 Å². The lowest BCUT2D eigenvalue weighted by Crippen LogP contribution is -2.46. The smallest absolute Gasteiger partial charge is 0.326 e. The van der Waals surface area contributed by atoms with Crippen molar-refractivity contribution in [3.8, 4) is 0 Å². The molecular weight excluding hydrogens is 248 g/mol. The normalized spacial score (nSPS) is 15.6. The summed E-state index contributed by atoms with van der Waals surface area (Å²) in [5.74, 6) is -0.820. The first-order chi connectivity index (χ1) is 9.08. The molecule has 19 heavy (non-hydrogen) atoms. The molecule has 7 nitrogen and oxygen atoms in total. The fourth-order valence-electron chi connectivity index (χ4n) is 1.80. The Kier molecular flexibility index (Phi) is 3.94. The molecule has 1 fully saturated rings. The van der Waals surface area contributed by atoms with Gasteiger partial charge in [-0.2, -0.15) is 0 Å². The van der Waals surface area contributed by atoms with Crippen molar-refractivity contribution in [1.82, 2.24) is 15.3 Å². The molecule has 0 aromatic carbocycles. The van der Waals surface area contributed by atoms with Gasteiger partial charge in [0.05, 0.1) is 6.54 Å². The van der Waals surface area contributed by atoms with Crippen LogP contribution in [0.15, 0.2) is 18.5 Å².